The average Bonchev–Trinajstić information content (AvgIpc) is 3.19. The quantitative estimate of drug-likeness (QED) is 0.308. The van der Waals surface area contributed by atoms with Gasteiger partial charge in [-0.15, -0.1) is 0 Å². The first-order valence-electron chi connectivity index (χ1n) is 13.9. The van der Waals surface area contributed by atoms with Gasteiger partial charge in [0.1, 0.15) is 17.6 Å². The molecule has 3 rings (SSSR count). The lowest BCUT2D eigenvalue weighted by atomic mass is 9.78. The molecule has 1 amide bonds. The van der Waals surface area contributed by atoms with E-state index in [-0.39, 0.29) is 36.6 Å². The normalized spacial score (nSPS) is 18.8. The van der Waals surface area contributed by atoms with Crippen molar-refractivity contribution in [2.75, 3.05) is 13.2 Å². The van der Waals surface area contributed by atoms with Gasteiger partial charge >= 0.3 is 18.1 Å². The third-order valence-electron chi connectivity index (χ3n) is 7.25. The highest BCUT2D eigenvalue weighted by molar-refractivity contribution is 6.05. The number of Topliss-reactive ketones (excluding diaryl/α,β-unsaturated/α-hetero) is 1. The monoisotopic (exact) mass is 588 g/mol. The van der Waals surface area contributed by atoms with Crippen molar-refractivity contribution in [2.24, 2.45) is 10.9 Å². The first-order valence-corrected chi connectivity index (χ1v) is 13.9. The second kappa shape index (κ2) is 12.3. The molecule has 1 saturated heterocycles. The van der Waals surface area contributed by atoms with E-state index in [0.717, 1.165) is 5.56 Å². The molecule has 1 aliphatic rings. The summed E-state index contributed by atoms with van der Waals surface area (Å²) in [5.74, 6) is -4.50. The van der Waals surface area contributed by atoms with Crippen molar-refractivity contribution < 1.29 is 37.4 Å². The molecular weight excluding hydrogens is 549 g/mol. The minimum atomic E-state index is -5.23. The molecule has 0 spiro atoms. The number of aliphatic imine (C=N–C) groups is 1. The highest BCUT2D eigenvalue weighted by Gasteiger charge is 2.46. The van der Waals surface area contributed by atoms with Crippen LogP contribution >= 0.6 is 0 Å². The van der Waals surface area contributed by atoms with Crippen LogP contribution in [-0.2, 0) is 31.6 Å². The average molecular weight is 589 g/mol. The van der Waals surface area contributed by atoms with Crippen LogP contribution in [0.1, 0.15) is 81.9 Å². The number of amidine groups is 1. The molecule has 1 N–H and O–H groups in total. The molecular formula is C32H39F3N2O5. The minimum absolute atomic E-state index is 0.0149. The molecule has 1 heterocycles. The summed E-state index contributed by atoms with van der Waals surface area (Å²) >= 11 is 0. The smallest absolute Gasteiger partial charge is 0.473 e. The Morgan fingerprint density at radius 2 is 1.52 bits per heavy atom. The number of alkyl halides is 3. The van der Waals surface area contributed by atoms with Gasteiger partial charge in [0.15, 0.2) is 5.78 Å². The fraction of sp³-hybridized carbons (Fsp3) is 0.500. The molecule has 42 heavy (non-hydrogen) atoms. The lowest BCUT2D eigenvalue weighted by Gasteiger charge is -2.29. The van der Waals surface area contributed by atoms with Crippen LogP contribution in [0.25, 0.3) is 0 Å². The zero-order chi connectivity index (χ0) is 31.6. The van der Waals surface area contributed by atoms with Gasteiger partial charge in [-0.05, 0) is 48.3 Å². The number of esters is 1. The summed E-state index contributed by atoms with van der Waals surface area (Å²) in [6.07, 6.45) is -5.02. The van der Waals surface area contributed by atoms with E-state index in [1.54, 1.807) is 49.4 Å². The number of amides is 1. The van der Waals surface area contributed by atoms with E-state index in [4.69, 9.17) is 4.74 Å². The zero-order valence-corrected chi connectivity index (χ0v) is 25.1. The third kappa shape index (κ3) is 7.57. The minimum Gasteiger partial charge on any atom is -0.507 e. The topological polar surface area (TPSA) is 96.3 Å². The first kappa shape index (κ1) is 32.8. The standard InChI is InChI=1S/C32H39F3N2O5/c1-8-42-28(40)24-17-21(14-19-12-10-9-11-13-19)27(36-29(41)32(33,34)35)37(24)18-25(38)20-15-22(30(2,3)4)26(39)23(16-20)31(5,6)7/h9-13,15-16,21,24,39H,8,14,17-18H2,1-7H3/t21-,24-/m0/s1. The summed E-state index contributed by atoms with van der Waals surface area (Å²) in [4.78, 5) is 43.6. The number of hydrogen-bond acceptors (Lipinski definition) is 5. The van der Waals surface area contributed by atoms with Gasteiger partial charge in [0.25, 0.3) is 0 Å². The van der Waals surface area contributed by atoms with Crippen molar-refractivity contribution in [1.29, 1.82) is 0 Å². The van der Waals surface area contributed by atoms with Crippen LogP contribution in [-0.4, -0.2) is 58.9 Å². The third-order valence-corrected chi connectivity index (χ3v) is 7.25. The van der Waals surface area contributed by atoms with E-state index in [1.165, 1.54) is 4.90 Å². The van der Waals surface area contributed by atoms with Crippen LogP contribution in [0.5, 0.6) is 5.75 Å². The fourth-order valence-corrected chi connectivity index (χ4v) is 5.13. The number of nitrogens with zero attached hydrogens (tertiary/aromatic N) is 2. The van der Waals surface area contributed by atoms with Crippen molar-refractivity contribution in [3.63, 3.8) is 0 Å². The van der Waals surface area contributed by atoms with Crippen LogP contribution in [0, 0.1) is 5.92 Å². The highest BCUT2D eigenvalue weighted by atomic mass is 19.4. The van der Waals surface area contributed by atoms with Crippen LogP contribution in [0.2, 0.25) is 0 Å². The van der Waals surface area contributed by atoms with Crippen molar-refractivity contribution in [2.45, 2.75) is 84.4 Å². The number of aromatic hydroxyl groups is 1. The summed E-state index contributed by atoms with van der Waals surface area (Å²) in [7, 11) is 0. The number of phenolic OH excluding ortho intramolecular Hbond substituents is 1. The van der Waals surface area contributed by atoms with Crippen molar-refractivity contribution in [3.05, 3.63) is 64.7 Å². The van der Waals surface area contributed by atoms with E-state index in [9.17, 15) is 32.7 Å². The number of halogens is 3. The van der Waals surface area contributed by atoms with E-state index >= 15 is 0 Å². The molecule has 228 valence electrons. The van der Waals surface area contributed by atoms with Gasteiger partial charge in [-0.3, -0.25) is 9.59 Å². The second-order valence-corrected chi connectivity index (χ2v) is 12.6. The van der Waals surface area contributed by atoms with Crippen molar-refractivity contribution in [3.8, 4) is 5.75 Å². The molecule has 0 saturated carbocycles. The van der Waals surface area contributed by atoms with Gasteiger partial charge in [0.05, 0.1) is 13.2 Å². The molecule has 2 aromatic carbocycles. The molecule has 1 fully saturated rings. The largest absolute Gasteiger partial charge is 0.507 e. The van der Waals surface area contributed by atoms with Crippen LogP contribution in [0.15, 0.2) is 47.5 Å². The number of phenols is 1. The lowest BCUT2D eigenvalue weighted by molar-refractivity contribution is -0.169. The number of likely N-dealkylation sites (tertiary alicyclic amines) is 1. The van der Waals surface area contributed by atoms with Gasteiger partial charge < -0.3 is 14.7 Å². The fourth-order valence-electron chi connectivity index (χ4n) is 5.13. The van der Waals surface area contributed by atoms with Gasteiger partial charge in [-0.1, -0.05) is 71.9 Å². The number of carbonyl (C=O) groups excluding carboxylic acids is 3. The molecule has 10 heteroatoms. The molecule has 0 unspecified atom stereocenters. The molecule has 1 aliphatic heterocycles. The summed E-state index contributed by atoms with van der Waals surface area (Å²) in [6.45, 7) is 12.5. The van der Waals surface area contributed by atoms with E-state index < -0.39 is 53.2 Å². The van der Waals surface area contributed by atoms with Gasteiger partial charge in [-0.25, -0.2) is 4.79 Å². The maximum Gasteiger partial charge on any atom is 0.473 e. The Balaban J connectivity index is 2.14. The maximum absolute atomic E-state index is 13.9. The van der Waals surface area contributed by atoms with Gasteiger partial charge in [0.2, 0.25) is 0 Å². The molecule has 0 radical (unpaired) electrons. The SMILES string of the molecule is CCOC(=O)[C@@H]1C[C@H](Cc2ccccc2)C(=NC(=O)C(F)(F)F)N1CC(=O)c1cc(C(C)(C)C)c(O)c(C(C)(C)C)c1. The summed E-state index contributed by atoms with van der Waals surface area (Å²) in [5.41, 5.74) is 0.989. The maximum atomic E-state index is 13.9. The molecule has 7 nitrogen and oxygen atoms in total. The van der Waals surface area contributed by atoms with E-state index in [2.05, 4.69) is 4.99 Å². The highest BCUT2D eigenvalue weighted by Crippen LogP contribution is 2.40. The summed E-state index contributed by atoms with van der Waals surface area (Å²) < 4.78 is 45.4. The number of rotatable bonds is 7. The number of ketones is 1. The molecule has 2 aromatic rings. The number of ether oxygens (including phenoxy) is 1. The Morgan fingerprint density at radius 1 is 0.976 bits per heavy atom. The lowest BCUT2D eigenvalue weighted by Crippen LogP contribution is -2.44. The molecule has 0 aliphatic carbocycles. The summed E-state index contributed by atoms with van der Waals surface area (Å²) in [6, 6.07) is 10.9. The Kier molecular flexibility index (Phi) is 9.59. The predicted molar refractivity (Wildman–Crippen MR) is 154 cm³/mol. The Labute approximate surface area is 244 Å². The number of benzene rings is 2. The van der Waals surface area contributed by atoms with E-state index in [1.807, 2.05) is 41.5 Å². The number of carbonyl (C=O) groups is 3. The molecule has 0 bridgehead atoms. The molecule has 0 aromatic heterocycles. The van der Waals surface area contributed by atoms with Crippen molar-refractivity contribution in [1.82, 2.24) is 4.90 Å². The molecule has 2 atom stereocenters. The first-order chi connectivity index (χ1) is 19.3. The van der Waals surface area contributed by atoms with Gasteiger partial charge in [0, 0.05) is 22.6 Å². The van der Waals surface area contributed by atoms with Gasteiger partial charge in [-0.2, -0.15) is 18.2 Å². The Morgan fingerprint density at radius 3 is 2.00 bits per heavy atom. The van der Waals surface area contributed by atoms with E-state index in [0.29, 0.717) is 11.1 Å². The zero-order valence-electron chi connectivity index (χ0n) is 25.1. The van der Waals surface area contributed by atoms with Crippen LogP contribution < -0.4 is 0 Å². The van der Waals surface area contributed by atoms with Crippen molar-refractivity contribution >= 4 is 23.5 Å². The van der Waals surface area contributed by atoms with Crippen LogP contribution in [0.4, 0.5) is 13.2 Å². The Bertz CT molecular complexity index is 1320. The second-order valence-electron chi connectivity index (χ2n) is 12.6. The van der Waals surface area contributed by atoms with Crippen LogP contribution in [0.3, 0.4) is 0 Å². The predicted octanol–water partition coefficient (Wildman–Crippen LogP) is 6.15. The Hall–Kier alpha value is -3.69. The summed E-state index contributed by atoms with van der Waals surface area (Å²) in [5, 5.41) is 11.1. The number of hydrogen-bond donors (Lipinski definition) is 1.